The predicted octanol–water partition coefficient (Wildman–Crippen LogP) is 0.570. The molecule has 0 aliphatic carbocycles. The molecular weight excluding hydrogens is 228 g/mol. The average molecular weight is 252 g/mol. The Morgan fingerprint density at radius 3 is 2.25 bits per heavy atom. The molecule has 0 bridgehead atoms. The molecule has 98 valence electrons. The summed E-state index contributed by atoms with van der Waals surface area (Å²) in [6.07, 6.45) is 0.570. The SMILES string of the molecule is CC(C)N(C)S(=O)(=O)NCC(C)(C)CCO. The van der Waals surface area contributed by atoms with E-state index in [-0.39, 0.29) is 18.1 Å². The van der Waals surface area contributed by atoms with Crippen LogP contribution in [0.25, 0.3) is 0 Å². The van der Waals surface area contributed by atoms with Crippen LogP contribution in [0.3, 0.4) is 0 Å². The van der Waals surface area contributed by atoms with E-state index < -0.39 is 10.2 Å². The highest BCUT2D eigenvalue weighted by Crippen LogP contribution is 2.18. The maximum absolute atomic E-state index is 11.8. The van der Waals surface area contributed by atoms with Gasteiger partial charge in [-0.15, -0.1) is 0 Å². The Kier molecular flexibility index (Phi) is 5.89. The van der Waals surface area contributed by atoms with Gasteiger partial charge in [0.05, 0.1) is 0 Å². The molecule has 16 heavy (non-hydrogen) atoms. The number of aliphatic hydroxyl groups is 1. The molecule has 6 heteroatoms. The first-order valence-electron chi connectivity index (χ1n) is 5.46. The zero-order chi connectivity index (χ0) is 13.0. The molecule has 0 radical (unpaired) electrons. The van der Waals surface area contributed by atoms with E-state index in [1.165, 1.54) is 4.31 Å². The third kappa shape index (κ3) is 5.25. The first-order chi connectivity index (χ1) is 7.12. The Morgan fingerprint density at radius 1 is 1.38 bits per heavy atom. The molecule has 0 aliphatic rings. The van der Waals surface area contributed by atoms with E-state index in [4.69, 9.17) is 5.11 Å². The van der Waals surface area contributed by atoms with E-state index in [2.05, 4.69) is 4.72 Å². The van der Waals surface area contributed by atoms with Crippen LogP contribution in [0.5, 0.6) is 0 Å². The van der Waals surface area contributed by atoms with Gasteiger partial charge in [-0.25, -0.2) is 4.72 Å². The zero-order valence-corrected chi connectivity index (χ0v) is 11.6. The maximum atomic E-state index is 11.8. The Labute approximate surface area is 99.0 Å². The van der Waals surface area contributed by atoms with Gasteiger partial charge in [0.1, 0.15) is 0 Å². The maximum Gasteiger partial charge on any atom is 0.279 e. The number of rotatable bonds is 7. The van der Waals surface area contributed by atoms with E-state index >= 15 is 0 Å². The highest BCUT2D eigenvalue weighted by Gasteiger charge is 2.24. The number of hydrogen-bond acceptors (Lipinski definition) is 3. The van der Waals surface area contributed by atoms with Crippen LogP contribution < -0.4 is 4.72 Å². The van der Waals surface area contributed by atoms with Gasteiger partial charge in [-0.3, -0.25) is 0 Å². The van der Waals surface area contributed by atoms with E-state index in [0.29, 0.717) is 13.0 Å². The van der Waals surface area contributed by atoms with Crippen molar-refractivity contribution in [3.05, 3.63) is 0 Å². The van der Waals surface area contributed by atoms with Gasteiger partial charge in [0.25, 0.3) is 10.2 Å². The monoisotopic (exact) mass is 252 g/mol. The molecule has 0 rings (SSSR count). The van der Waals surface area contributed by atoms with Crippen molar-refractivity contribution in [1.82, 2.24) is 9.03 Å². The van der Waals surface area contributed by atoms with Crippen molar-refractivity contribution in [3.63, 3.8) is 0 Å². The fourth-order valence-corrected chi connectivity index (χ4v) is 2.39. The molecule has 0 spiro atoms. The van der Waals surface area contributed by atoms with E-state index in [1.54, 1.807) is 7.05 Å². The van der Waals surface area contributed by atoms with Crippen molar-refractivity contribution in [3.8, 4) is 0 Å². The molecule has 5 nitrogen and oxygen atoms in total. The lowest BCUT2D eigenvalue weighted by atomic mass is 9.90. The number of hydrogen-bond donors (Lipinski definition) is 2. The minimum atomic E-state index is -3.41. The Morgan fingerprint density at radius 2 is 1.88 bits per heavy atom. The standard InChI is InChI=1S/C10H24N2O3S/c1-9(2)12(5)16(14,15)11-8-10(3,4)6-7-13/h9,11,13H,6-8H2,1-5H3. The third-order valence-electron chi connectivity index (χ3n) is 2.63. The van der Waals surface area contributed by atoms with E-state index in [1.807, 2.05) is 27.7 Å². The molecule has 0 fully saturated rings. The molecular formula is C10H24N2O3S. The third-order valence-corrected chi connectivity index (χ3v) is 4.32. The van der Waals surface area contributed by atoms with Gasteiger partial charge >= 0.3 is 0 Å². The van der Waals surface area contributed by atoms with Crippen molar-refractivity contribution in [1.29, 1.82) is 0 Å². The summed E-state index contributed by atoms with van der Waals surface area (Å²) in [5, 5.41) is 8.84. The van der Waals surface area contributed by atoms with Crippen molar-refractivity contribution in [2.45, 2.75) is 40.2 Å². The molecule has 0 saturated heterocycles. The second-order valence-corrected chi connectivity index (χ2v) is 6.89. The lowest BCUT2D eigenvalue weighted by molar-refractivity contribution is 0.212. The second kappa shape index (κ2) is 5.95. The van der Waals surface area contributed by atoms with Crippen LogP contribution >= 0.6 is 0 Å². The molecule has 0 unspecified atom stereocenters. The van der Waals surface area contributed by atoms with Gasteiger partial charge in [0, 0.05) is 26.2 Å². The van der Waals surface area contributed by atoms with Gasteiger partial charge in [-0.2, -0.15) is 12.7 Å². The molecule has 2 N–H and O–H groups in total. The molecule has 0 aromatic carbocycles. The van der Waals surface area contributed by atoms with Crippen molar-refractivity contribution < 1.29 is 13.5 Å². The number of nitrogens with zero attached hydrogens (tertiary/aromatic N) is 1. The van der Waals surface area contributed by atoms with Gasteiger partial charge in [0.2, 0.25) is 0 Å². The number of aliphatic hydroxyl groups excluding tert-OH is 1. The first-order valence-corrected chi connectivity index (χ1v) is 6.90. The van der Waals surface area contributed by atoms with E-state index in [0.717, 1.165) is 0 Å². The summed E-state index contributed by atoms with van der Waals surface area (Å²) in [6, 6.07) is -0.0709. The lowest BCUT2D eigenvalue weighted by Gasteiger charge is -2.27. The topological polar surface area (TPSA) is 69.6 Å². The summed E-state index contributed by atoms with van der Waals surface area (Å²) in [7, 11) is -1.86. The van der Waals surface area contributed by atoms with E-state index in [9.17, 15) is 8.42 Å². The van der Waals surface area contributed by atoms with Crippen LogP contribution in [0.1, 0.15) is 34.1 Å². The summed E-state index contributed by atoms with van der Waals surface area (Å²) >= 11 is 0. The zero-order valence-electron chi connectivity index (χ0n) is 10.8. The van der Waals surface area contributed by atoms with Crippen LogP contribution in [-0.4, -0.2) is 44.1 Å². The van der Waals surface area contributed by atoms with Crippen LogP contribution in [0, 0.1) is 5.41 Å². The second-order valence-electron chi connectivity index (χ2n) is 5.07. The normalized spacial score (nSPS) is 13.8. The molecule has 0 atom stereocenters. The van der Waals surface area contributed by atoms with Crippen molar-refractivity contribution in [2.75, 3.05) is 20.2 Å². The van der Waals surface area contributed by atoms with Gasteiger partial charge < -0.3 is 5.11 Å². The summed E-state index contributed by atoms with van der Waals surface area (Å²) < 4.78 is 27.4. The molecule has 0 heterocycles. The summed E-state index contributed by atoms with van der Waals surface area (Å²) in [4.78, 5) is 0. The van der Waals surface area contributed by atoms with Crippen LogP contribution in [0.4, 0.5) is 0 Å². The van der Waals surface area contributed by atoms with Crippen LogP contribution in [0.2, 0.25) is 0 Å². The Hall–Kier alpha value is -0.170. The van der Waals surface area contributed by atoms with Crippen molar-refractivity contribution in [2.24, 2.45) is 5.41 Å². The van der Waals surface area contributed by atoms with Gasteiger partial charge in [-0.05, 0) is 25.7 Å². The van der Waals surface area contributed by atoms with Crippen LogP contribution in [-0.2, 0) is 10.2 Å². The highest BCUT2D eigenvalue weighted by atomic mass is 32.2. The van der Waals surface area contributed by atoms with Gasteiger partial charge in [0.15, 0.2) is 0 Å². The summed E-state index contributed by atoms with van der Waals surface area (Å²) in [5.74, 6) is 0. The summed E-state index contributed by atoms with van der Waals surface area (Å²) in [6.45, 7) is 7.86. The minimum absolute atomic E-state index is 0.0642. The molecule has 0 aliphatic heterocycles. The Bertz CT molecular complexity index is 299. The molecule has 0 aromatic heterocycles. The summed E-state index contributed by atoms with van der Waals surface area (Å²) in [5.41, 5.74) is -0.236. The average Bonchev–Trinajstić information content (AvgIpc) is 2.14. The first kappa shape index (κ1) is 15.8. The molecule has 0 saturated carbocycles. The molecule has 0 amide bonds. The largest absolute Gasteiger partial charge is 0.396 e. The highest BCUT2D eigenvalue weighted by molar-refractivity contribution is 7.87. The number of nitrogens with one attached hydrogen (secondary N) is 1. The lowest BCUT2D eigenvalue weighted by Crippen LogP contribution is -2.45. The smallest absolute Gasteiger partial charge is 0.279 e. The fourth-order valence-electron chi connectivity index (χ4n) is 1.06. The quantitative estimate of drug-likeness (QED) is 0.696. The predicted molar refractivity (Wildman–Crippen MR) is 65.3 cm³/mol. The Balaban J connectivity index is 4.40. The van der Waals surface area contributed by atoms with Gasteiger partial charge in [-0.1, -0.05) is 13.8 Å². The molecule has 0 aromatic rings. The minimum Gasteiger partial charge on any atom is -0.396 e. The van der Waals surface area contributed by atoms with Crippen LogP contribution in [0.15, 0.2) is 0 Å². The fraction of sp³-hybridized carbons (Fsp3) is 1.00. The van der Waals surface area contributed by atoms with Crippen molar-refractivity contribution >= 4 is 10.2 Å².